The summed E-state index contributed by atoms with van der Waals surface area (Å²) in [5.74, 6) is 6.23. The summed E-state index contributed by atoms with van der Waals surface area (Å²) >= 11 is 0. The van der Waals surface area contributed by atoms with E-state index in [1.54, 1.807) is 0 Å². The maximum absolute atomic E-state index is 5.27. The summed E-state index contributed by atoms with van der Waals surface area (Å²) in [6.45, 7) is 3.65. The van der Waals surface area contributed by atoms with Gasteiger partial charge in [0.15, 0.2) is 0 Å². The van der Waals surface area contributed by atoms with E-state index >= 15 is 0 Å². The van der Waals surface area contributed by atoms with E-state index in [2.05, 4.69) is 38.5 Å². The Morgan fingerprint density at radius 1 is 1.47 bits per heavy atom. The molecule has 0 aliphatic heterocycles. The zero-order valence-electron chi connectivity index (χ0n) is 10.3. The number of aryl methyl sites for hydroxylation is 1. The first kappa shape index (κ1) is 12.0. The zero-order chi connectivity index (χ0) is 12.3. The van der Waals surface area contributed by atoms with Crippen molar-refractivity contribution in [1.82, 2.24) is 20.3 Å². The van der Waals surface area contributed by atoms with E-state index < -0.39 is 0 Å². The lowest BCUT2D eigenvalue weighted by Gasteiger charge is -2.15. The molecule has 5 heteroatoms. The Hall–Kier alpha value is -1.43. The molecule has 0 unspecified atom stereocenters. The number of hydrazine groups is 1. The van der Waals surface area contributed by atoms with E-state index in [0.29, 0.717) is 6.67 Å². The number of benzene rings is 1. The molecule has 0 fully saturated rings. The van der Waals surface area contributed by atoms with Crippen molar-refractivity contribution in [3.8, 4) is 0 Å². The Balaban J connectivity index is 2.03. The predicted octanol–water partition coefficient (Wildman–Crippen LogP) is 0.766. The number of nitrogens with two attached hydrogens (primary N) is 1. The number of fused-ring (bicyclic) bond motifs is 1. The van der Waals surface area contributed by atoms with Crippen molar-refractivity contribution >= 4 is 11.0 Å². The maximum Gasteiger partial charge on any atom is 0.104 e. The molecular weight excluding hydrogens is 214 g/mol. The van der Waals surface area contributed by atoms with Gasteiger partial charge < -0.3 is 4.98 Å². The van der Waals surface area contributed by atoms with Gasteiger partial charge in [0.05, 0.1) is 17.7 Å². The number of aromatic amines is 1. The van der Waals surface area contributed by atoms with Gasteiger partial charge >= 0.3 is 0 Å². The van der Waals surface area contributed by atoms with Crippen LogP contribution in [-0.2, 0) is 6.42 Å². The summed E-state index contributed by atoms with van der Waals surface area (Å²) in [6.07, 6.45) is 1.01. The van der Waals surface area contributed by atoms with E-state index in [-0.39, 0.29) is 0 Å². The molecule has 0 radical (unpaired) electrons. The number of nitrogens with zero attached hydrogens (tertiary/aromatic N) is 2. The van der Waals surface area contributed by atoms with Crippen LogP contribution < -0.4 is 11.3 Å². The van der Waals surface area contributed by atoms with Gasteiger partial charge in [-0.3, -0.25) is 10.7 Å². The van der Waals surface area contributed by atoms with E-state index in [1.165, 1.54) is 5.56 Å². The van der Waals surface area contributed by atoms with Crippen molar-refractivity contribution in [3.05, 3.63) is 29.6 Å². The van der Waals surface area contributed by atoms with Gasteiger partial charge in [0.2, 0.25) is 0 Å². The molecule has 0 bridgehead atoms. The van der Waals surface area contributed by atoms with E-state index in [4.69, 9.17) is 5.84 Å². The molecule has 0 spiro atoms. The number of rotatable bonds is 5. The van der Waals surface area contributed by atoms with E-state index in [1.807, 2.05) is 14.0 Å². The molecule has 1 aromatic heterocycles. The number of nitrogens with one attached hydrogen (secondary N) is 2. The molecule has 1 heterocycles. The predicted molar refractivity (Wildman–Crippen MR) is 69.4 cm³/mol. The van der Waals surface area contributed by atoms with Crippen molar-refractivity contribution in [2.45, 2.75) is 13.3 Å². The molecular formula is C12H19N5. The fourth-order valence-electron chi connectivity index (χ4n) is 1.89. The molecule has 2 aromatic rings. The topological polar surface area (TPSA) is 70.0 Å². The molecule has 5 nitrogen and oxygen atoms in total. The monoisotopic (exact) mass is 233 g/mol. The van der Waals surface area contributed by atoms with Crippen LogP contribution in [-0.4, -0.2) is 35.1 Å². The normalized spacial score (nSPS) is 11.5. The average molecular weight is 233 g/mol. The maximum atomic E-state index is 5.27. The van der Waals surface area contributed by atoms with Gasteiger partial charge in [-0.1, -0.05) is 6.07 Å². The van der Waals surface area contributed by atoms with Crippen LogP contribution in [0.2, 0.25) is 0 Å². The van der Waals surface area contributed by atoms with Crippen LogP contribution in [0.5, 0.6) is 0 Å². The van der Waals surface area contributed by atoms with Crippen LogP contribution >= 0.6 is 0 Å². The molecule has 0 saturated heterocycles. The lowest BCUT2D eigenvalue weighted by atomic mass is 10.1. The first-order valence-electron chi connectivity index (χ1n) is 5.76. The van der Waals surface area contributed by atoms with Crippen LogP contribution in [0.15, 0.2) is 18.2 Å². The van der Waals surface area contributed by atoms with Crippen LogP contribution in [0.1, 0.15) is 11.4 Å². The van der Waals surface area contributed by atoms with Gasteiger partial charge in [-0.2, -0.15) is 0 Å². The Labute approximate surface area is 101 Å². The van der Waals surface area contributed by atoms with Crippen molar-refractivity contribution in [3.63, 3.8) is 0 Å². The highest BCUT2D eigenvalue weighted by molar-refractivity contribution is 5.75. The summed E-state index contributed by atoms with van der Waals surface area (Å²) < 4.78 is 0. The standard InChI is InChI=1S/C12H19N5/c1-9-15-11-4-3-10(7-12(11)16-9)5-6-17(2)8-14-13/h3-4,7,14H,5-6,8,13H2,1-2H3,(H,15,16). The van der Waals surface area contributed by atoms with Crippen LogP contribution in [0.4, 0.5) is 0 Å². The summed E-state index contributed by atoms with van der Waals surface area (Å²) in [5.41, 5.74) is 6.10. The second kappa shape index (κ2) is 5.27. The first-order chi connectivity index (χ1) is 8.19. The van der Waals surface area contributed by atoms with E-state index in [0.717, 1.165) is 29.8 Å². The fraction of sp³-hybridized carbons (Fsp3) is 0.417. The molecule has 1 aromatic carbocycles. The summed E-state index contributed by atoms with van der Waals surface area (Å²) in [4.78, 5) is 9.78. The largest absolute Gasteiger partial charge is 0.342 e. The lowest BCUT2D eigenvalue weighted by Crippen LogP contribution is -2.36. The Morgan fingerprint density at radius 2 is 2.29 bits per heavy atom. The van der Waals surface area contributed by atoms with Gasteiger partial charge in [-0.25, -0.2) is 10.4 Å². The Kier molecular flexibility index (Phi) is 3.73. The molecule has 0 amide bonds. The smallest absolute Gasteiger partial charge is 0.104 e. The van der Waals surface area contributed by atoms with Crippen molar-refractivity contribution in [2.75, 3.05) is 20.3 Å². The first-order valence-corrected chi connectivity index (χ1v) is 5.76. The Morgan fingerprint density at radius 3 is 3.06 bits per heavy atom. The molecule has 0 atom stereocenters. The highest BCUT2D eigenvalue weighted by Crippen LogP contribution is 2.13. The minimum absolute atomic E-state index is 0.700. The molecule has 17 heavy (non-hydrogen) atoms. The molecule has 0 aliphatic rings. The quantitative estimate of drug-likeness (QED) is 0.405. The summed E-state index contributed by atoms with van der Waals surface area (Å²) in [7, 11) is 2.04. The highest BCUT2D eigenvalue weighted by atomic mass is 15.3. The summed E-state index contributed by atoms with van der Waals surface area (Å²) in [5, 5.41) is 0. The number of hydrogen-bond acceptors (Lipinski definition) is 4. The van der Waals surface area contributed by atoms with Gasteiger partial charge in [-0.05, 0) is 38.1 Å². The summed E-state index contributed by atoms with van der Waals surface area (Å²) in [6, 6.07) is 6.36. The van der Waals surface area contributed by atoms with E-state index in [9.17, 15) is 0 Å². The lowest BCUT2D eigenvalue weighted by molar-refractivity contribution is 0.313. The van der Waals surface area contributed by atoms with Crippen LogP contribution in [0, 0.1) is 6.92 Å². The van der Waals surface area contributed by atoms with Gasteiger partial charge in [0, 0.05) is 6.54 Å². The second-order valence-corrected chi connectivity index (χ2v) is 4.37. The van der Waals surface area contributed by atoms with Crippen LogP contribution in [0.25, 0.3) is 11.0 Å². The minimum Gasteiger partial charge on any atom is -0.342 e. The SMILES string of the molecule is Cc1nc2ccc(CCN(C)CNN)cc2[nH]1. The number of hydrogen-bond donors (Lipinski definition) is 3. The molecule has 0 saturated carbocycles. The number of imidazole rings is 1. The van der Waals surface area contributed by atoms with Crippen LogP contribution in [0.3, 0.4) is 0 Å². The Bertz CT molecular complexity index is 491. The minimum atomic E-state index is 0.700. The third-order valence-corrected chi connectivity index (χ3v) is 2.81. The van der Waals surface area contributed by atoms with Crippen molar-refractivity contribution in [1.29, 1.82) is 0 Å². The molecule has 2 rings (SSSR count). The average Bonchev–Trinajstić information content (AvgIpc) is 2.66. The molecule has 92 valence electrons. The van der Waals surface area contributed by atoms with Gasteiger partial charge in [0.25, 0.3) is 0 Å². The second-order valence-electron chi connectivity index (χ2n) is 4.37. The van der Waals surface area contributed by atoms with Gasteiger partial charge in [-0.15, -0.1) is 0 Å². The highest BCUT2D eigenvalue weighted by Gasteiger charge is 2.02. The fourth-order valence-corrected chi connectivity index (χ4v) is 1.89. The third kappa shape index (κ3) is 3.03. The van der Waals surface area contributed by atoms with Gasteiger partial charge in [0.1, 0.15) is 5.82 Å². The molecule has 4 N–H and O–H groups in total. The molecule has 0 aliphatic carbocycles. The number of H-pyrrole nitrogens is 1. The number of likely N-dealkylation sites (N-methyl/N-ethyl adjacent to an activating group) is 1. The number of aromatic nitrogens is 2. The van der Waals surface area contributed by atoms with Crippen molar-refractivity contribution in [2.24, 2.45) is 5.84 Å². The zero-order valence-corrected chi connectivity index (χ0v) is 10.3. The third-order valence-electron chi connectivity index (χ3n) is 2.81. The van der Waals surface area contributed by atoms with Crippen molar-refractivity contribution < 1.29 is 0 Å².